The molecule has 0 aromatic heterocycles. The Balaban J connectivity index is 3.84. The molecule has 0 aromatic rings. The second-order valence-electron chi connectivity index (χ2n) is 3.29. The van der Waals surface area contributed by atoms with E-state index < -0.39 is 25.4 Å². The number of hydrogen-bond acceptors (Lipinski definition) is 5. The topological polar surface area (TPSA) is 108 Å². The summed E-state index contributed by atoms with van der Waals surface area (Å²) in [6.07, 6.45) is -1.71. The van der Waals surface area contributed by atoms with E-state index in [1.807, 2.05) is 0 Å². The van der Waals surface area contributed by atoms with Crippen LogP contribution in [-0.4, -0.2) is 55.1 Å². The highest BCUT2D eigenvalue weighted by Crippen LogP contribution is 1.94. The zero-order valence-electron chi connectivity index (χ0n) is 9.40. The summed E-state index contributed by atoms with van der Waals surface area (Å²) in [6.45, 7) is 0.876. The van der Waals surface area contributed by atoms with Crippen molar-refractivity contribution in [2.24, 2.45) is 5.92 Å². The van der Waals surface area contributed by atoms with Crippen LogP contribution in [-0.2, 0) is 9.53 Å². The van der Waals surface area contributed by atoms with Crippen molar-refractivity contribution in [3.05, 3.63) is 0 Å². The summed E-state index contributed by atoms with van der Waals surface area (Å²) >= 11 is 0. The van der Waals surface area contributed by atoms with Gasteiger partial charge in [0.1, 0.15) is 6.10 Å². The number of carbonyl (C=O) groups excluding carboxylic acids is 2. The maximum absolute atomic E-state index is 11.1. The van der Waals surface area contributed by atoms with Gasteiger partial charge in [0.15, 0.2) is 0 Å². The molecule has 0 aliphatic heterocycles. The number of aliphatic hydroxyl groups excluding tert-OH is 2. The average Bonchev–Trinajstić information content (AvgIpc) is 2.31. The van der Waals surface area contributed by atoms with E-state index in [1.165, 1.54) is 7.05 Å². The molecule has 16 heavy (non-hydrogen) atoms. The summed E-state index contributed by atoms with van der Waals surface area (Å²) < 4.78 is 4.63. The molecular formula is C9H18N2O5. The number of amides is 2. The highest BCUT2D eigenvalue weighted by Gasteiger charge is 2.15. The molecule has 1 unspecified atom stereocenters. The molecule has 0 saturated carbocycles. The monoisotopic (exact) mass is 234 g/mol. The molecule has 0 spiro atoms. The Kier molecular flexibility index (Phi) is 7.23. The molecule has 0 rings (SSSR count). The summed E-state index contributed by atoms with van der Waals surface area (Å²) in [5, 5.41) is 22.1. The van der Waals surface area contributed by atoms with E-state index in [1.54, 1.807) is 6.92 Å². The Hall–Kier alpha value is -1.34. The summed E-state index contributed by atoms with van der Waals surface area (Å²) in [5.41, 5.74) is 0. The number of hydrogen-bond donors (Lipinski definition) is 4. The second kappa shape index (κ2) is 7.89. The van der Waals surface area contributed by atoms with E-state index in [-0.39, 0.29) is 18.4 Å². The van der Waals surface area contributed by atoms with Crippen LogP contribution in [0.4, 0.5) is 4.79 Å². The first-order valence-electron chi connectivity index (χ1n) is 4.92. The summed E-state index contributed by atoms with van der Waals surface area (Å²) in [4.78, 5) is 22.2. The van der Waals surface area contributed by atoms with Crippen molar-refractivity contribution in [3.8, 4) is 0 Å². The number of ether oxygens (including phenoxy) is 1. The van der Waals surface area contributed by atoms with E-state index in [9.17, 15) is 9.59 Å². The van der Waals surface area contributed by atoms with Crippen LogP contribution >= 0.6 is 0 Å². The van der Waals surface area contributed by atoms with Crippen molar-refractivity contribution in [1.29, 1.82) is 0 Å². The smallest absolute Gasteiger partial charge is 0.407 e. The van der Waals surface area contributed by atoms with Crippen LogP contribution in [0.1, 0.15) is 6.92 Å². The SMILES string of the molecule is CNC(=O)C(C)CNC(=O)OC(CO)CO. The Morgan fingerprint density at radius 3 is 2.31 bits per heavy atom. The third-order valence-corrected chi connectivity index (χ3v) is 1.93. The molecular weight excluding hydrogens is 216 g/mol. The highest BCUT2D eigenvalue weighted by atomic mass is 16.6. The summed E-state index contributed by atoms with van der Waals surface area (Å²) in [6, 6.07) is 0. The predicted molar refractivity (Wildman–Crippen MR) is 55.7 cm³/mol. The Labute approximate surface area is 93.8 Å². The van der Waals surface area contributed by atoms with Crippen molar-refractivity contribution in [3.63, 3.8) is 0 Å². The molecule has 2 amide bonds. The lowest BCUT2D eigenvalue weighted by atomic mass is 10.2. The molecule has 0 saturated heterocycles. The third-order valence-electron chi connectivity index (χ3n) is 1.93. The van der Waals surface area contributed by atoms with Gasteiger partial charge in [-0.3, -0.25) is 4.79 Å². The Morgan fingerprint density at radius 1 is 1.31 bits per heavy atom. The van der Waals surface area contributed by atoms with Gasteiger partial charge in [0.25, 0.3) is 0 Å². The highest BCUT2D eigenvalue weighted by molar-refractivity contribution is 5.78. The van der Waals surface area contributed by atoms with Gasteiger partial charge in [-0.05, 0) is 0 Å². The molecule has 4 N–H and O–H groups in total. The van der Waals surface area contributed by atoms with Crippen molar-refractivity contribution in [2.75, 3.05) is 26.8 Å². The van der Waals surface area contributed by atoms with E-state index in [4.69, 9.17) is 10.2 Å². The molecule has 0 aliphatic carbocycles. The van der Waals surface area contributed by atoms with Crippen molar-refractivity contribution in [1.82, 2.24) is 10.6 Å². The lowest BCUT2D eigenvalue weighted by Gasteiger charge is -2.15. The van der Waals surface area contributed by atoms with Crippen LogP contribution in [0.5, 0.6) is 0 Å². The van der Waals surface area contributed by atoms with Crippen LogP contribution in [0.3, 0.4) is 0 Å². The van der Waals surface area contributed by atoms with Crippen molar-refractivity contribution >= 4 is 12.0 Å². The fourth-order valence-corrected chi connectivity index (χ4v) is 0.901. The molecule has 0 heterocycles. The van der Waals surface area contributed by atoms with Gasteiger partial charge >= 0.3 is 6.09 Å². The number of rotatable bonds is 6. The largest absolute Gasteiger partial charge is 0.441 e. The van der Waals surface area contributed by atoms with Crippen molar-refractivity contribution < 1.29 is 24.5 Å². The molecule has 0 radical (unpaired) electrons. The second-order valence-corrected chi connectivity index (χ2v) is 3.29. The minimum Gasteiger partial charge on any atom is -0.441 e. The number of carbonyl (C=O) groups is 2. The third kappa shape index (κ3) is 5.52. The lowest BCUT2D eigenvalue weighted by molar-refractivity contribution is -0.123. The minimum absolute atomic E-state index is 0.127. The molecule has 0 bridgehead atoms. The zero-order chi connectivity index (χ0) is 12.6. The minimum atomic E-state index is -0.935. The lowest BCUT2D eigenvalue weighted by Crippen LogP contribution is -2.38. The summed E-state index contributed by atoms with van der Waals surface area (Å²) in [7, 11) is 1.50. The van der Waals surface area contributed by atoms with Crippen molar-refractivity contribution in [2.45, 2.75) is 13.0 Å². The standard InChI is InChI=1S/C9H18N2O5/c1-6(8(14)10-2)3-11-9(15)16-7(4-12)5-13/h6-7,12-13H,3-5H2,1-2H3,(H,10,14)(H,11,15). The van der Waals surface area contributed by atoms with Gasteiger partial charge in [0.05, 0.1) is 19.1 Å². The molecule has 1 atom stereocenters. The van der Waals surface area contributed by atoms with E-state index in [2.05, 4.69) is 15.4 Å². The first-order valence-corrected chi connectivity index (χ1v) is 4.92. The molecule has 7 nitrogen and oxygen atoms in total. The van der Waals surface area contributed by atoms with E-state index >= 15 is 0 Å². The van der Waals surface area contributed by atoms with Crippen LogP contribution in [0.2, 0.25) is 0 Å². The van der Waals surface area contributed by atoms with Crippen LogP contribution in [0.15, 0.2) is 0 Å². The molecule has 0 aliphatic rings. The van der Waals surface area contributed by atoms with Crippen LogP contribution in [0.25, 0.3) is 0 Å². The van der Waals surface area contributed by atoms with Gasteiger partial charge in [-0.2, -0.15) is 0 Å². The van der Waals surface area contributed by atoms with Gasteiger partial charge in [-0.25, -0.2) is 4.79 Å². The number of nitrogens with one attached hydrogen (secondary N) is 2. The normalized spacial score (nSPS) is 12.1. The Morgan fingerprint density at radius 2 is 1.88 bits per heavy atom. The average molecular weight is 234 g/mol. The molecule has 94 valence electrons. The van der Waals surface area contributed by atoms with Gasteiger partial charge < -0.3 is 25.6 Å². The Bertz CT molecular complexity index is 230. The molecule has 0 fully saturated rings. The van der Waals surface area contributed by atoms with Gasteiger partial charge in [0.2, 0.25) is 5.91 Å². The van der Waals surface area contributed by atoms with E-state index in [0.29, 0.717) is 0 Å². The summed E-state index contributed by atoms with van der Waals surface area (Å²) in [5.74, 6) is -0.569. The first-order chi connectivity index (χ1) is 7.54. The quantitative estimate of drug-likeness (QED) is 0.445. The van der Waals surface area contributed by atoms with E-state index in [0.717, 1.165) is 0 Å². The predicted octanol–water partition coefficient (Wildman–Crippen LogP) is -1.55. The van der Waals surface area contributed by atoms with Gasteiger partial charge in [-0.15, -0.1) is 0 Å². The zero-order valence-corrected chi connectivity index (χ0v) is 9.40. The van der Waals surface area contributed by atoms with Gasteiger partial charge in [-0.1, -0.05) is 6.92 Å². The number of alkyl carbamates (subject to hydrolysis) is 1. The maximum atomic E-state index is 11.1. The molecule has 7 heteroatoms. The van der Waals surface area contributed by atoms with Crippen LogP contribution < -0.4 is 10.6 Å². The molecule has 0 aromatic carbocycles. The fraction of sp³-hybridized carbons (Fsp3) is 0.778. The first kappa shape index (κ1) is 14.7. The van der Waals surface area contributed by atoms with Gasteiger partial charge in [0, 0.05) is 13.6 Å². The number of aliphatic hydroxyl groups is 2. The van der Waals surface area contributed by atoms with Crippen LogP contribution in [0, 0.1) is 5.92 Å². The maximum Gasteiger partial charge on any atom is 0.407 e. The fourth-order valence-electron chi connectivity index (χ4n) is 0.901.